The SMILES string of the molecule is O=C(c1cccc(-n2cccc2)c1)N1CCC[C@@H](c2nc3ccccc3s2)C1. The van der Waals surface area contributed by atoms with Crippen LogP contribution < -0.4 is 0 Å². The quantitative estimate of drug-likeness (QED) is 0.490. The van der Waals surface area contributed by atoms with Gasteiger partial charge in [0.1, 0.15) is 0 Å². The highest BCUT2D eigenvalue weighted by Gasteiger charge is 2.27. The Morgan fingerprint density at radius 3 is 2.75 bits per heavy atom. The molecular weight excluding hydrogens is 366 g/mol. The number of rotatable bonds is 3. The maximum atomic E-state index is 13.2. The van der Waals surface area contributed by atoms with Crippen LogP contribution in [0.1, 0.15) is 34.1 Å². The third kappa shape index (κ3) is 3.22. The Labute approximate surface area is 168 Å². The van der Waals surface area contributed by atoms with Crippen LogP contribution in [-0.2, 0) is 0 Å². The second-order valence-electron chi connectivity index (χ2n) is 7.25. The maximum Gasteiger partial charge on any atom is 0.253 e. The molecule has 0 radical (unpaired) electrons. The summed E-state index contributed by atoms with van der Waals surface area (Å²) in [6, 6.07) is 20.1. The molecule has 1 aliphatic rings. The number of carbonyl (C=O) groups is 1. The number of para-hydroxylation sites is 1. The van der Waals surface area contributed by atoms with Crippen molar-refractivity contribution in [1.29, 1.82) is 0 Å². The van der Waals surface area contributed by atoms with E-state index in [4.69, 9.17) is 4.98 Å². The number of amides is 1. The smallest absolute Gasteiger partial charge is 0.253 e. The predicted octanol–water partition coefficient (Wildman–Crippen LogP) is 5.11. The molecule has 1 aliphatic heterocycles. The van der Waals surface area contributed by atoms with Crippen LogP contribution >= 0.6 is 11.3 Å². The van der Waals surface area contributed by atoms with E-state index >= 15 is 0 Å². The Kier molecular flexibility index (Phi) is 4.45. The third-order valence-electron chi connectivity index (χ3n) is 5.36. The summed E-state index contributed by atoms with van der Waals surface area (Å²) in [6.45, 7) is 1.56. The van der Waals surface area contributed by atoms with Crippen LogP contribution in [0.3, 0.4) is 0 Å². The number of benzene rings is 2. The molecule has 3 heterocycles. The lowest BCUT2D eigenvalue weighted by molar-refractivity contribution is 0.0707. The number of hydrogen-bond acceptors (Lipinski definition) is 3. The molecule has 140 valence electrons. The molecule has 28 heavy (non-hydrogen) atoms. The summed E-state index contributed by atoms with van der Waals surface area (Å²) in [5.74, 6) is 0.433. The zero-order valence-corrected chi connectivity index (χ0v) is 16.3. The van der Waals surface area contributed by atoms with Gasteiger partial charge in [-0.15, -0.1) is 11.3 Å². The van der Waals surface area contributed by atoms with E-state index in [0.717, 1.165) is 47.7 Å². The highest BCUT2D eigenvalue weighted by atomic mass is 32.1. The van der Waals surface area contributed by atoms with Crippen molar-refractivity contribution >= 4 is 27.5 Å². The average molecular weight is 388 g/mol. The lowest BCUT2D eigenvalue weighted by atomic mass is 9.98. The Hall–Kier alpha value is -2.92. The van der Waals surface area contributed by atoms with Crippen LogP contribution in [0, 0.1) is 0 Å². The van der Waals surface area contributed by atoms with E-state index in [9.17, 15) is 4.79 Å². The molecular formula is C23H21N3OS. The molecule has 0 N–H and O–H groups in total. The number of nitrogens with zero attached hydrogens (tertiary/aromatic N) is 3. The van der Waals surface area contributed by atoms with Gasteiger partial charge < -0.3 is 9.47 Å². The first-order chi connectivity index (χ1) is 13.8. The van der Waals surface area contributed by atoms with Crippen LogP contribution in [0.15, 0.2) is 73.1 Å². The molecule has 1 saturated heterocycles. The van der Waals surface area contributed by atoms with E-state index in [1.165, 1.54) is 4.70 Å². The second-order valence-corrected chi connectivity index (χ2v) is 8.31. The largest absolute Gasteiger partial charge is 0.338 e. The van der Waals surface area contributed by atoms with Crippen molar-refractivity contribution in [2.75, 3.05) is 13.1 Å². The van der Waals surface area contributed by atoms with Crippen LogP contribution in [-0.4, -0.2) is 33.4 Å². The molecule has 5 rings (SSSR count). The summed E-state index contributed by atoms with van der Waals surface area (Å²) < 4.78 is 3.25. The molecule has 2 aromatic heterocycles. The highest BCUT2D eigenvalue weighted by molar-refractivity contribution is 7.18. The average Bonchev–Trinajstić information content (AvgIpc) is 3.43. The normalized spacial score (nSPS) is 17.1. The summed E-state index contributed by atoms with van der Waals surface area (Å²) in [6.07, 6.45) is 6.10. The summed E-state index contributed by atoms with van der Waals surface area (Å²) in [5.41, 5.74) is 2.82. The zero-order valence-electron chi connectivity index (χ0n) is 15.5. The van der Waals surface area contributed by atoms with Crippen molar-refractivity contribution in [3.63, 3.8) is 0 Å². The fourth-order valence-electron chi connectivity index (χ4n) is 3.92. The van der Waals surface area contributed by atoms with Crippen molar-refractivity contribution in [2.45, 2.75) is 18.8 Å². The summed E-state index contributed by atoms with van der Waals surface area (Å²) in [4.78, 5) is 20.0. The van der Waals surface area contributed by atoms with Crippen molar-refractivity contribution in [1.82, 2.24) is 14.5 Å². The van der Waals surface area contributed by atoms with E-state index in [1.807, 2.05) is 64.3 Å². The van der Waals surface area contributed by atoms with E-state index in [-0.39, 0.29) is 5.91 Å². The van der Waals surface area contributed by atoms with E-state index < -0.39 is 0 Å². The fraction of sp³-hybridized carbons (Fsp3) is 0.217. The molecule has 0 bridgehead atoms. The van der Waals surface area contributed by atoms with Gasteiger partial charge in [0, 0.05) is 42.7 Å². The maximum absolute atomic E-state index is 13.2. The fourth-order valence-corrected chi connectivity index (χ4v) is 5.01. The van der Waals surface area contributed by atoms with E-state index in [0.29, 0.717) is 5.92 Å². The molecule has 5 heteroatoms. The number of piperidine rings is 1. The first-order valence-corrected chi connectivity index (χ1v) is 10.5. The summed E-state index contributed by atoms with van der Waals surface area (Å²) in [5, 5.41) is 1.15. The van der Waals surface area contributed by atoms with Gasteiger partial charge in [0.15, 0.2) is 0 Å². The Bertz CT molecular complexity index is 1080. The number of likely N-dealkylation sites (tertiary alicyclic amines) is 1. The minimum Gasteiger partial charge on any atom is -0.338 e. The van der Waals surface area contributed by atoms with Gasteiger partial charge in [0.2, 0.25) is 0 Å². The standard InChI is InChI=1S/C23H21N3OS/c27-23(17-7-5-9-19(15-17)25-12-3-4-13-25)26-14-6-8-18(16-26)22-24-20-10-1-2-11-21(20)28-22/h1-5,7,9-13,15,18H,6,8,14,16H2/t18-/m1/s1. The molecule has 2 aromatic carbocycles. The first-order valence-electron chi connectivity index (χ1n) is 9.66. The van der Waals surface area contributed by atoms with Crippen LogP contribution in [0.5, 0.6) is 0 Å². The van der Waals surface area contributed by atoms with Crippen molar-refractivity contribution < 1.29 is 4.79 Å². The number of aromatic nitrogens is 2. The van der Waals surface area contributed by atoms with Gasteiger partial charge in [-0.2, -0.15) is 0 Å². The first kappa shape index (κ1) is 17.2. The van der Waals surface area contributed by atoms with Crippen LogP contribution in [0.2, 0.25) is 0 Å². The van der Waals surface area contributed by atoms with Gasteiger partial charge in [-0.1, -0.05) is 18.2 Å². The summed E-state index contributed by atoms with van der Waals surface area (Å²) in [7, 11) is 0. The number of thiazole rings is 1. The van der Waals surface area contributed by atoms with Gasteiger partial charge in [-0.05, 0) is 55.3 Å². The van der Waals surface area contributed by atoms with Crippen molar-refractivity contribution in [3.05, 3.63) is 83.6 Å². The molecule has 1 amide bonds. The third-order valence-corrected chi connectivity index (χ3v) is 6.56. The molecule has 1 fully saturated rings. The second kappa shape index (κ2) is 7.24. The number of carbonyl (C=O) groups excluding carboxylic acids is 1. The van der Waals surface area contributed by atoms with Crippen LogP contribution in [0.25, 0.3) is 15.9 Å². The molecule has 1 atom stereocenters. The van der Waals surface area contributed by atoms with E-state index in [1.54, 1.807) is 11.3 Å². The van der Waals surface area contributed by atoms with Gasteiger partial charge in [-0.3, -0.25) is 4.79 Å². The Balaban J connectivity index is 1.37. The molecule has 4 nitrogen and oxygen atoms in total. The number of hydrogen-bond donors (Lipinski definition) is 0. The van der Waals surface area contributed by atoms with Crippen LogP contribution in [0.4, 0.5) is 0 Å². The van der Waals surface area contributed by atoms with Gasteiger partial charge in [0.25, 0.3) is 5.91 Å². The minimum absolute atomic E-state index is 0.111. The monoisotopic (exact) mass is 387 g/mol. The van der Waals surface area contributed by atoms with Gasteiger partial charge in [-0.25, -0.2) is 4.98 Å². The zero-order chi connectivity index (χ0) is 18.9. The molecule has 0 unspecified atom stereocenters. The molecule has 0 aliphatic carbocycles. The van der Waals surface area contributed by atoms with Gasteiger partial charge >= 0.3 is 0 Å². The summed E-state index contributed by atoms with van der Waals surface area (Å²) >= 11 is 1.76. The number of fused-ring (bicyclic) bond motifs is 1. The predicted molar refractivity (Wildman–Crippen MR) is 113 cm³/mol. The molecule has 4 aromatic rings. The van der Waals surface area contributed by atoms with Crippen molar-refractivity contribution in [3.8, 4) is 5.69 Å². The lowest BCUT2D eigenvalue weighted by Crippen LogP contribution is -2.39. The van der Waals surface area contributed by atoms with Gasteiger partial charge in [0.05, 0.1) is 15.2 Å². The highest BCUT2D eigenvalue weighted by Crippen LogP contribution is 2.33. The van der Waals surface area contributed by atoms with E-state index in [2.05, 4.69) is 18.2 Å². The minimum atomic E-state index is 0.111. The topological polar surface area (TPSA) is 38.1 Å². The Morgan fingerprint density at radius 2 is 1.89 bits per heavy atom. The lowest BCUT2D eigenvalue weighted by Gasteiger charge is -2.32. The Morgan fingerprint density at radius 1 is 1.04 bits per heavy atom. The molecule has 0 spiro atoms. The van der Waals surface area contributed by atoms with Crippen molar-refractivity contribution in [2.24, 2.45) is 0 Å². The molecule has 0 saturated carbocycles.